The smallest absolute Gasteiger partial charge is 0.238 e. The predicted octanol–water partition coefficient (Wildman–Crippen LogP) is 3.36. The molecule has 2 heterocycles. The molecule has 0 radical (unpaired) electrons. The van der Waals surface area contributed by atoms with Crippen molar-refractivity contribution in [3.8, 4) is 5.75 Å². The number of nitrogens with one attached hydrogen (secondary N) is 1. The molecule has 8 heteroatoms. The fourth-order valence-electron chi connectivity index (χ4n) is 3.31. The Labute approximate surface area is 173 Å². The van der Waals surface area contributed by atoms with Crippen molar-refractivity contribution >= 4 is 23.2 Å². The molecular weight excluding hydrogens is 392 g/mol. The number of aromatic nitrogens is 2. The monoisotopic (exact) mass is 412 g/mol. The molecule has 0 unspecified atom stereocenters. The summed E-state index contributed by atoms with van der Waals surface area (Å²) in [4.78, 5) is 18.9. The maximum absolute atomic E-state index is 12.3. The van der Waals surface area contributed by atoms with Gasteiger partial charge >= 0.3 is 0 Å². The van der Waals surface area contributed by atoms with Crippen LogP contribution in [0.3, 0.4) is 0 Å². The van der Waals surface area contributed by atoms with Crippen LogP contribution in [0.25, 0.3) is 0 Å². The maximum Gasteiger partial charge on any atom is 0.238 e. The number of methoxy groups -OCH3 is 1. The van der Waals surface area contributed by atoms with E-state index in [0.717, 1.165) is 5.56 Å². The van der Waals surface area contributed by atoms with Crippen LogP contribution in [0.15, 0.2) is 53.1 Å². The molecule has 1 amide bonds. The van der Waals surface area contributed by atoms with Crippen molar-refractivity contribution in [1.29, 1.82) is 0 Å². The Bertz CT molecular complexity index is 987. The number of hydrogen-bond donors (Lipinski definition) is 1. The van der Waals surface area contributed by atoms with Crippen LogP contribution in [0.2, 0.25) is 5.02 Å². The van der Waals surface area contributed by atoms with E-state index >= 15 is 0 Å². The van der Waals surface area contributed by atoms with Crippen molar-refractivity contribution in [2.24, 2.45) is 0 Å². The number of ether oxygens (including phenoxy) is 1. The van der Waals surface area contributed by atoms with Crippen LogP contribution in [0, 0.1) is 0 Å². The van der Waals surface area contributed by atoms with Crippen LogP contribution in [-0.4, -0.2) is 47.7 Å². The quantitative estimate of drug-likeness (QED) is 0.641. The summed E-state index contributed by atoms with van der Waals surface area (Å²) < 4.78 is 10.7. The first kappa shape index (κ1) is 19.4. The normalized spacial score (nSPS) is 14.4. The molecular formula is C21H21ClN4O3. The van der Waals surface area contributed by atoms with Crippen LogP contribution in [-0.2, 0) is 11.2 Å². The van der Waals surface area contributed by atoms with Gasteiger partial charge in [-0.25, -0.2) is 0 Å². The van der Waals surface area contributed by atoms with E-state index in [0.29, 0.717) is 47.7 Å². The minimum atomic E-state index is -0.126. The molecule has 1 aliphatic heterocycles. The first-order valence-electron chi connectivity index (χ1n) is 9.33. The van der Waals surface area contributed by atoms with E-state index in [-0.39, 0.29) is 18.4 Å². The molecule has 0 atom stereocenters. The lowest BCUT2D eigenvalue weighted by Gasteiger charge is -2.36. The molecule has 1 fully saturated rings. The molecule has 3 aromatic rings. The highest BCUT2D eigenvalue weighted by molar-refractivity contribution is 6.31. The molecule has 0 aliphatic carbocycles. The predicted molar refractivity (Wildman–Crippen MR) is 109 cm³/mol. The number of carbonyl (C=O) groups is 1. The standard InChI is InChI=1S/C21H21ClN4O3/c1-28-18-8-7-16(22)10-17(18)23-20(27)13-26-11-15(12-26)21-24-19(25-29-21)9-14-5-3-2-4-6-14/h2-8,10,15H,9,11-13H2,1H3,(H,23,27). The molecule has 150 valence electrons. The SMILES string of the molecule is COc1ccc(Cl)cc1NC(=O)CN1CC(c2nc(Cc3ccccc3)no2)C1. The molecule has 1 aromatic heterocycles. The lowest BCUT2D eigenvalue weighted by Crippen LogP contribution is -2.48. The highest BCUT2D eigenvalue weighted by atomic mass is 35.5. The van der Waals surface area contributed by atoms with E-state index in [1.165, 1.54) is 0 Å². The van der Waals surface area contributed by atoms with Crippen molar-refractivity contribution in [3.05, 3.63) is 70.8 Å². The minimum Gasteiger partial charge on any atom is -0.495 e. The van der Waals surface area contributed by atoms with Gasteiger partial charge in [0.05, 0.1) is 25.3 Å². The summed E-state index contributed by atoms with van der Waals surface area (Å²) in [5.41, 5.74) is 1.70. The van der Waals surface area contributed by atoms with Gasteiger partial charge < -0.3 is 14.6 Å². The Hall–Kier alpha value is -2.90. The number of anilines is 1. The van der Waals surface area contributed by atoms with Crippen molar-refractivity contribution in [1.82, 2.24) is 15.0 Å². The first-order valence-corrected chi connectivity index (χ1v) is 9.70. The third kappa shape index (κ3) is 4.75. The Morgan fingerprint density at radius 3 is 2.83 bits per heavy atom. The largest absolute Gasteiger partial charge is 0.495 e. The van der Waals surface area contributed by atoms with Gasteiger partial charge in [0, 0.05) is 24.5 Å². The van der Waals surface area contributed by atoms with Crippen LogP contribution < -0.4 is 10.1 Å². The summed E-state index contributed by atoms with van der Waals surface area (Å²) in [5.74, 6) is 1.90. The Morgan fingerprint density at radius 2 is 2.07 bits per heavy atom. The zero-order chi connectivity index (χ0) is 20.2. The average Bonchev–Trinajstić information content (AvgIpc) is 3.13. The fraction of sp³-hybridized carbons (Fsp3) is 0.286. The van der Waals surface area contributed by atoms with Gasteiger partial charge in [-0.2, -0.15) is 4.98 Å². The average molecular weight is 413 g/mol. The van der Waals surface area contributed by atoms with Crippen molar-refractivity contribution in [3.63, 3.8) is 0 Å². The van der Waals surface area contributed by atoms with Gasteiger partial charge in [-0.3, -0.25) is 9.69 Å². The van der Waals surface area contributed by atoms with Crippen molar-refractivity contribution in [2.45, 2.75) is 12.3 Å². The first-order chi connectivity index (χ1) is 14.1. The lowest BCUT2D eigenvalue weighted by atomic mass is 10.0. The zero-order valence-corrected chi connectivity index (χ0v) is 16.7. The number of rotatable bonds is 7. The van der Waals surface area contributed by atoms with Gasteiger partial charge in [0.15, 0.2) is 5.82 Å². The van der Waals surface area contributed by atoms with Gasteiger partial charge in [0.25, 0.3) is 0 Å². The van der Waals surface area contributed by atoms with Crippen LogP contribution in [0.4, 0.5) is 5.69 Å². The second-order valence-corrected chi connectivity index (χ2v) is 7.43. The van der Waals surface area contributed by atoms with Crippen molar-refractivity contribution in [2.75, 3.05) is 32.1 Å². The summed E-state index contributed by atoms with van der Waals surface area (Å²) in [6.45, 7) is 1.68. The maximum atomic E-state index is 12.3. The third-order valence-corrected chi connectivity index (χ3v) is 5.03. The van der Waals surface area contributed by atoms with Gasteiger partial charge in [-0.05, 0) is 23.8 Å². The number of benzene rings is 2. The molecule has 1 N–H and O–H groups in total. The van der Waals surface area contributed by atoms with Gasteiger partial charge in [-0.15, -0.1) is 0 Å². The van der Waals surface area contributed by atoms with E-state index in [4.69, 9.17) is 20.9 Å². The second-order valence-electron chi connectivity index (χ2n) is 7.00. The van der Waals surface area contributed by atoms with Crippen LogP contribution in [0.1, 0.15) is 23.2 Å². The highest BCUT2D eigenvalue weighted by Gasteiger charge is 2.33. The van der Waals surface area contributed by atoms with E-state index < -0.39 is 0 Å². The topological polar surface area (TPSA) is 80.5 Å². The van der Waals surface area contributed by atoms with Gasteiger partial charge in [-0.1, -0.05) is 47.1 Å². The molecule has 4 rings (SSSR count). The van der Waals surface area contributed by atoms with E-state index in [1.807, 2.05) is 35.2 Å². The number of nitrogens with zero attached hydrogens (tertiary/aromatic N) is 3. The molecule has 29 heavy (non-hydrogen) atoms. The lowest BCUT2D eigenvalue weighted by molar-refractivity contribution is -0.118. The Balaban J connectivity index is 1.27. The summed E-state index contributed by atoms with van der Waals surface area (Å²) >= 11 is 6.00. The van der Waals surface area contributed by atoms with E-state index in [1.54, 1.807) is 25.3 Å². The number of carbonyl (C=O) groups excluding carboxylic acids is 1. The summed E-state index contributed by atoms with van der Waals surface area (Å²) in [6, 6.07) is 15.1. The molecule has 0 bridgehead atoms. The summed E-state index contributed by atoms with van der Waals surface area (Å²) in [5, 5.41) is 7.45. The molecule has 1 aliphatic rings. The number of likely N-dealkylation sites (tertiary alicyclic amines) is 1. The van der Waals surface area contributed by atoms with Crippen LogP contribution >= 0.6 is 11.6 Å². The van der Waals surface area contributed by atoms with Gasteiger partial charge in [0.2, 0.25) is 11.8 Å². The van der Waals surface area contributed by atoms with E-state index in [9.17, 15) is 4.79 Å². The number of hydrogen-bond acceptors (Lipinski definition) is 6. The Morgan fingerprint density at radius 1 is 1.28 bits per heavy atom. The zero-order valence-electron chi connectivity index (χ0n) is 16.0. The molecule has 0 spiro atoms. The Kier molecular flexibility index (Phi) is 5.78. The number of halogens is 1. The molecule has 1 saturated heterocycles. The molecule has 0 saturated carbocycles. The molecule has 2 aromatic carbocycles. The van der Waals surface area contributed by atoms with Gasteiger partial charge in [0.1, 0.15) is 5.75 Å². The minimum absolute atomic E-state index is 0.126. The van der Waals surface area contributed by atoms with Crippen LogP contribution in [0.5, 0.6) is 5.75 Å². The highest BCUT2D eigenvalue weighted by Crippen LogP contribution is 2.29. The van der Waals surface area contributed by atoms with Crippen molar-refractivity contribution < 1.29 is 14.1 Å². The fourth-order valence-corrected chi connectivity index (χ4v) is 3.48. The second kappa shape index (κ2) is 8.63. The summed E-state index contributed by atoms with van der Waals surface area (Å²) in [6.07, 6.45) is 0.644. The number of amides is 1. The summed E-state index contributed by atoms with van der Waals surface area (Å²) in [7, 11) is 1.55. The van der Waals surface area contributed by atoms with E-state index in [2.05, 4.69) is 15.5 Å². The molecule has 7 nitrogen and oxygen atoms in total. The third-order valence-electron chi connectivity index (χ3n) is 4.80.